The van der Waals surface area contributed by atoms with Crippen LogP contribution in [0.2, 0.25) is 5.15 Å². The number of aromatic nitrogens is 1. The van der Waals surface area contributed by atoms with E-state index in [1.165, 1.54) is 0 Å². The van der Waals surface area contributed by atoms with Gasteiger partial charge >= 0.3 is 0 Å². The summed E-state index contributed by atoms with van der Waals surface area (Å²) in [4.78, 5) is 17.5. The topological polar surface area (TPSA) is 62.5 Å². The average molecular weight is 271 g/mol. The fraction of sp³-hybridized carbons (Fsp3) is 0.364. The van der Waals surface area contributed by atoms with Crippen LogP contribution >= 0.6 is 11.6 Å². The van der Waals surface area contributed by atoms with Gasteiger partial charge in [0, 0.05) is 33.9 Å². The van der Waals surface area contributed by atoms with E-state index < -0.39 is 4.92 Å². The largest absolute Gasteiger partial charge is 0.359 e. The molecule has 0 radical (unpaired) electrons. The fourth-order valence-electron chi connectivity index (χ4n) is 1.50. The number of halogens is 1. The third-order valence-corrected chi connectivity index (χ3v) is 2.50. The van der Waals surface area contributed by atoms with Crippen molar-refractivity contribution >= 4 is 11.6 Å². The summed E-state index contributed by atoms with van der Waals surface area (Å²) in [6.07, 6.45) is 2.63. The molecule has 98 valence electrons. The van der Waals surface area contributed by atoms with Crippen LogP contribution in [-0.4, -0.2) is 40.9 Å². The number of rotatable bonds is 5. The molecular weight excluding hydrogens is 256 g/mol. The SMILES string of the molecule is CN(C)C(=C[N+](=O)[O-])N(C)Cc1ccc(Cl)nc1. The van der Waals surface area contributed by atoms with Gasteiger partial charge in [-0.1, -0.05) is 17.7 Å². The van der Waals surface area contributed by atoms with Crippen molar-refractivity contribution in [3.8, 4) is 0 Å². The summed E-state index contributed by atoms with van der Waals surface area (Å²) in [6, 6.07) is 3.53. The first-order chi connectivity index (χ1) is 8.40. The van der Waals surface area contributed by atoms with Crippen LogP contribution < -0.4 is 0 Å². The Morgan fingerprint density at radius 3 is 2.61 bits per heavy atom. The Morgan fingerprint density at radius 2 is 2.17 bits per heavy atom. The molecule has 0 N–H and O–H groups in total. The van der Waals surface area contributed by atoms with Crippen molar-refractivity contribution in [3.05, 3.63) is 51.2 Å². The third-order valence-electron chi connectivity index (χ3n) is 2.28. The summed E-state index contributed by atoms with van der Waals surface area (Å²) < 4.78 is 0. The maximum absolute atomic E-state index is 10.6. The smallest absolute Gasteiger partial charge is 0.274 e. The minimum atomic E-state index is -0.466. The number of hydrogen-bond acceptors (Lipinski definition) is 5. The van der Waals surface area contributed by atoms with E-state index in [0.29, 0.717) is 17.5 Å². The lowest BCUT2D eigenvalue weighted by molar-refractivity contribution is -0.405. The number of hydrogen-bond donors (Lipinski definition) is 0. The van der Waals surface area contributed by atoms with Crippen LogP contribution in [0, 0.1) is 10.1 Å². The molecule has 0 amide bonds. The molecule has 18 heavy (non-hydrogen) atoms. The van der Waals surface area contributed by atoms with Crippen molar-refractivity contribution in [2.45, 2.75) is 6.54 Å². The number of pyridine rings is 1. The summed E-state index contributed by atoms with van der Waals surface area (Å²) in [6.45, 7) is 0.516. The van der Waals surface area contributed by atoms with Gasteiger partial charge in [0.15, 0.2) is 5.82 Å². The van der Waals surface area contributed by atoms with Crippen LogP contribution in [0.25, 0.3) is 0 Å². The van der Waals surface area contributed by atoms with Crippen molar-refractivity contribution in [2.24, 2.45) is 0 Å². The predicted octanol–water partition coefficient (Wildman–Crippen LogP) is 1.80. The number of nitro groups is 1. The van der Waals surface area contributed by atoms with E-state index in [4.69, 9.17) is 11.6 Å². The van der Waals surface area contributed by atoms with E-state index in [1.54, 1.807) is 43.2 Å². The second-order valence-corrected chi connectivity index (χ2v) is 4.40. The first-order valence-electron chi connectivity index (χ1n) is 5.24. The molecule has 0 unspecified atom stereocenters. The lowest BCUT2D eigenvalue weighted by Gasteiger charge is -2.25. The van der Waals surface area contributed by atoms with Crippen molar-refractivity contribution in [1.82, 2.24) is 14.8 Å². The lowest BCUT2D eigenvalue weighted by Crippen LogP contribution is -2.28. The first-order valence-corrected chi connectivity index (χ1v) is 5.62. The molecule has 0 spiro atoms. The predicted molar refractivity (Wildman–Crippen MR) is 69.5 cm³/mol. The molecule has 7 heteroatoms. The van der Waals surface area contributed by atoms with Crippen molar-refractivity contribution in [2.75, 3.05) is 21.1 Å². The van der Waals surface area contributed by atoms with Crippen molar-refractivity contribution < 1.29 is 4.92 Å². The highest BCUT2D eigenvalue weighted by atomic mass is 35.5. The molecule has 0 saturated carbocycles. The average Bonchev–Trinajstić information content (AvgIpc) is 2.28. The van der Waals surface area contributed by atoms with E-state index in [1.807, 2.05) is 6.07 Å². The maximum atomic E-state index is 10.6. The molecule has 0 aliphatic heterocycles. The van der Waals surface area contributed by atoms with Crippen LogP contribution in [0.5, 0.6) is 0 Å². The van der Waals surface area contributed by atoms with Gasteiger partial charge in [0.05, 0.1) is 4.92 Å². The summed E-state index contributed by atoms with van der Waals surface area (Å²) in [7, 11) is 5.29. The van der Waals surface area contributed by atoms with E-state index >= 15 is 0 Å². The second kappa shape index (κ2) is 6.20. The summed E-state index contributed by atoms with van der Waals surface area (Å²) in [5.41, 5.74) is 0.929. The van der Waals surface area contributed by atoms with Crippen LogP contribution in [0.4, 0.5) is 0 Å². The van der Waals surface area contributed by atoms with Gasteiger partial charge in [-0.3, -0.25) is 10.1 Å². The second-order valence-electron chi connectivity index (χ2n) is 4.01. The molecule has 0 bridgehead atoms. The molecule has 1 aromatic heterocycles. The van der Waals surface area contributed by atoms with Gasteiger partial charge in [0.2, 0.25) is 0 Å². The minimum Gasteiger partial charge on any atom is -0.359 e. The van der Waals surface area contributed by atoms with Gasteiger partial charge in [0.1, 0.15) is 5.15 Å². The molecule has 0 atom stereocenters. The molecule has 0 aliphatic carbocycles. The molecule has 6 nitrogen and oxygen atoms in total. The highest BCUT2D eigenvalue weighted by Gasteiger charge is 2.12. The molecule has 1 aromatic rings. The minimum absolute atomic E-state index is 0.426. The molecule has 1 rings (SSSR count). The fourth-order valence-corrected chi connectivity index (χ4v) is 1.62. The molecule has 0 fully saturated rings. The standard InChI is InChI=1S/C11H15ClN4O2/c1-14(2)11(8-16(17)18)15(3)7-9-4-5-10(12)13-6-9/h4-6,8H,7H2,1-3H3. The zero-order chi connectivity index (χ0) is 13.7. The molecule has 1 heterocycles. The van der Waals surface area contributed by atoms with Crippen LogP contribution in [-0.2, 0) is 6.54 Å². The summed E-state index contributed by atoms with van der Waals surface area (Å²) in [5.74, 6) is 0.509. The van der Waals surface area contributed by atoms with Gasteiger partial charge in [-0.2, -0.15) is 0 Å². The highest BCUT2D eigenvalue weighted by Crippen LogP contribution is 2.12. The van der Waals surface area contributed by atoms with Crippen LogP contribution in [0.3, 0.4) is 0 Å². The van der Waals surface area contributed by atoms with Crippen molar-refractivity contribution in [3.63, 3.8) is 0 Å². The first kappa shape index (κ1) is 14.2. The third kappa shape index (κ3) is 4.21. The Kier molecular flexibility index (Phi) is 4.91. The Bertz CT molecular complexity index is 445. The monoisotopic (exact) mass is 270 g/mol. The van der Waals surface area contributed by atoms with Gasteiger partial charge in [-0.05, 0) is 11.6 Å². The van der Waals surface area contributed by atoms with E-state index in [2.05, 4.69) is 4.98 Å². The highest BCUT2D eigenvalue weighted by molar-refractivity contribution is 6.29. The van der Waals surface area contributed by atoms with Gasteiger partial charge in [0.25, 0.3) is 6.20 Å². The zero-order valence-electron chi connectivity index (χ0n) is 10.5. The number of nitrogens with zero attached hydrogens (tertiary/aromatic N) is 4. The quantitative estimate of drug-likeness (QED) is 0.464. The van der Waals surface area contributed by atoms with Gasteiger partial charge < -0.3 is 9.80 Å². The molecular formula is C11H15ClN4O2. The van der Waals surface area contributed by atoms with Gasteiger partial charge in [-0.15, -0.1) is 0 Å². The summed E-state index contributed by atoms with van der Waals surface area (Å²) in [5, 5.41) is 11.0. The normalized spacial score (nSPS) is 11.2. The van der Waals surface area contributed by atoms with E-state index in [0.717, 1.165) is 11.8 Å². The lowest BCUT2D eigenvalue weighted by atomic mass is 10.3. The Hall–Kier alpha value is -1.82. The Labute approximate surface area is 111 Å². The molecule has 0 saturated heterocycles. The Balaban J connectivity index is 2.82. The Morgan fingerprint density at radius 1 is 1.50 bits per heavy atom. The van der Waals surface area contributed by atoms with Crippen LogP contribution in [0.15, 0.2) is 30.4 Å². The molecule has 0 aliphatic rings. The zero-order valence-corrected chi connectivity index (χ0v) is 11.3. The molecule has 0 aromatic carbocycles. The van der Waals surface area contributed by atoms with E-state index in [9.17, 15) is 10.1 Å². The summed E-state index contributed by atoms with van der Waals surface area (Å²) >= 11 is 5.70. The van der Waals surface area contributed by atoms with E-state index in [-0.39, 0.29) is 0 Å². The van der Waals surface area contributed by atoms with Gasteiger partial charge in [-0.25, -0.2) is 4.98 Å². The van der Waals surface area contributed by atoms with Crippen molar-refractivity contribution in [1.29, 1.82) is 0 Å². The maximum Gasteiger partial charge on any atom is 0.274 e. The van der Waals surface area contributed by atoms with Crippen LogP contribution in [0.1, 0.15) is 5.56 Å².